The molecule has 0 saturated carbocycles. The maximum Gasteiger partial charge on any atom is 0.335 e. The summed E-state index contributed by atoms with van der Waals surface area (Å²) in [5.74, 6) is -2.89. The van der Waals surface area contributed by atoms with E-state index in [0.29, 0.717) is 11.4 Å². The second-order valence-electron chi connectivity index (χ2n) is 5.36. The molecule has 0 unspecified atom stereocenters. The molecular formula is C18H16N2O6. The number of carboxylic acid groups (broad SMARTS) is 2. The fourth-order valence-electron chi connectivity index (χ4n) is 2.07. The van der Waals surface area contributed by atoms with E-state index < -0.39 is 11.9 Å². The van der Waals surface area contributed by atoms with Crippen molar-refractivity contribution in [2.24, 2.45) is 0 Å². The van der Waals surface area contributed by atoms with E-state index in [1.54, 1.807) is 0 Å². The summed E-state index contributed by atoms with van der Waals surface area (Å²) < 4.78 is 0. The highest BCUT2D eigenvalue weighted by Gasteiger charge is 2.09. The Morgan fingerprint density at radius 3 is 1.19 bits per heavy atom. The van der Waals surface area contributed by atoms with E-state index in [1.165, 1.54) is 48.5 Å². The number of carboxylic acids is 2. The van der Waals surface area contributed by atoms with Gasteiger partial charge in [0.2, 0.25) is 11.8 Å². The molecule has 0 aliphatic carbocycles. The lowest BCUT2D eigenvalue weighted by atomic mass is 10.2. The van der Waals surface area contributed by atoms with Gasteiger partial charge in [0.15, 0.2) is 0 Å². The SMILES string of the molecule is O=C(CCC(=O)Nc1ccc(C(=O)O)cc1)Nc1ccc(C(=O)O)cc1. The number of benzene rings is 2. The largest absolute Gasteiger partial charge is 0.478 e. The molecule has 0 aromatic heterocycles. The summed E-state index contributed by atoms with van der Waals surface area (Å²) in [6, 6.07) is 11.3. The van der Waals surface area contributed by atoms with E-state index >= 15 is 0 Å². The molecule has 8 heteroatoms. The summed E-state index contributed by atoms with van der Waals surface area (Å²) in [4.78, 5) is 45.2. The van der Waals surface area contributed by atoms with Gasteiger partial charge in [-0.25, -0.2) is 9.59 Å². The highest BCUT2D eigenvalue weighted by atomic mass is 16.4. The molecule has 26 heavy (non-hydrogen) atoms. The summed E-state index contributed by atoms with van der Waals surface area (Å²) in [7, 11) is 0. The Labute approximate surface area is 148 Å². The van der Waals surface area contributed by atoms with Crippen LogP contribution in [0.1, 0.15) is 33.6 Å². The van der Waals surface area contributed by atoms with E-state index in [-0.39, 0.29) is 35.8 Å². The molecule has 0 aliphatic heterocycles. The molecule has 8 nitrogen and oxygen atoms in total. The molecule has 0 heterocycles. The standard InChI is InChI=1S/C18H16N2O6/c21-15(19-13-5-1-11(2-6-13)17(23)24)9-10-16(22)20-14-7-3-12(4-8-14)18(25)26/h1-8H,9-10H2,(H,19,21)(H,20,22)(H,23,24)(H,25,26). The highest BCUT2D eigenvalue weighted by molar-refractivity contribution is 5.97. The minimum absolute atomic E-state index is 0.0558. The van der Waals surface area contributed by atoms with Gasteiger partial charge in [-0.2, -0.15) is 0 Å². The van der Waals surface area contributed by atoms with Crippen LogP contribution in [0.5, 0.6) is 0 Å². The van der Waals surface area contributed by atoms with Crippen LogP contribution < -0.4 is 10.6 Å². The Balaban J connectivity index is 1.80. The summed E-state index contributed by atoms with van der Waals surface area (Å²) >= 11 is 0. The first-order valence-electron chi connectivity index (χ1n) is 7.61. The molecule has 0 radical (unpaired) electrons. The van der Waals surface area contributed by atoms with E-state index in [2.05, 4.69) is 10.6 Å². The van der Waals surface area contributed by atoms with E-state index in [4.69, 9.17) is 10.2 Å². The van der Waals surface area contributed by atoms with Crippen LogP contribution in [0.2, 0.25) is 0 Å². The van der Waals surface area contributed by atoms with Crippen molar-refractivity contribution in [1.82, 2.24) is 0 Å². The van der Waals surface area contributed by atoms with Crippen LogP contribution in [0.3, 0.4) is 0 Å². The normalized spacial score (nSPS) is 10.0. The monoisotopic (exact) mass is 356 g/mol. The summed E-state index contributed by atoms with van der Waals surface area (Å²) in [5, 5.41) is 22.8. The molecule has 0 aliphatic rings. The van der Waals surface area contributed by atoms with Gasteiger partial charge in [-0.3, -0.25) is 9.59 Å². The average molecular weight is 356 g/mol. The number of hydrogen-bond donors (Lipinski definition) is 4. The van der Waals surface area contributed by atoms with Gasteiger partial charge in [0.25, 0.3) is 0 Å². The van der Waals surface area contributed by atoms with Crippen molar-refractivity contribution in [1.29, 1.82) is 0 Å². The number of rotatable bonds is 7. The van der Waals surface area contributed by atoms with Crippen LogP contribution in [0, 0.1) is 0 Å². The Bertz CT molecular complexity index is 756. The number of nitrogens with one attached hydrogen (secondary N) is 2. The zero-order valence-corrected chi connectivity index (χ0v) is 13.6. The van der Waals surface area contributed by atoms with Crippen molar-refractivity contribution >= 4 is 35.1 Å². The zero-order valence-electron chi connectivity index (χ0n) is 13.6. The number of aromatic carboxylic acids is 2. The number of anilines is 2. The van der Waals surface area contributed by atoms with Crippen LogP contribution in [-0.4, -0.2) is 34.0 Å². The molecule has 4 N–H and O–H groups in total. The molecule has 2 aromatic rings. The fraction of sp³-hybridized carbons (Fsp3) is 0.111. The number of carbonyl (C=O) groups is 4. The number of carbonyl (C=O) groups excluding carboxylic acids is 2. The molecule has 2 rings (SSSR count). The zero-order chi connectivity index (χ0) is 19.1. The third-order valence-electron chi connectivity index (χ3n) is 3.41. The Morgan fingerprint density at radius 2 is 0.923 bits per heavy atom. The maximum atomic E-state index is 11.8. The van der Waals surface area contributed by atoms with Gasteiger partial charge >= 0.3 is 11.9 Å². The van der Waals surface area contributed by atoms with Gasteiger partial charge in [-0.15, -0.1) is 0 Å². The van der Waals surface area contributed by atoms with Crippen LogP contribution >= 0.6 is 0 Å². The minimum atomic E-state index is -1.06. The molecule has 0 atom stereocenters. The molecule has 0 bridgehead atoms. The molecule has 2 amide bonds. The molecular weight excluding hydrogens is 340 g/mol. The van der Waals surface area contributed by atoms with Gasteiger partial charge in [-0.05, 0) is 48.5 Å². The van der Waals surface area contributed by atoms with Crippen molar-refractivity contribution < 1.29 is 29.4 Å². The predicted molar refractivity (Wildman–Crippen MR) is 93.3 cm³/mol. The third-order valence-corrected chi connectivity index (χ3v) is 3.41. The molecule has 2 aromatic carbocycles. The van der Waals surface area contributed by atoms with Crippen molar-refractivity contribution in [2.45, 2.75) is 12.8 Å². The summed E-state index contributed by atoms with van der Waals surface area (Å²) in [6.07, 6.45) is -0.112. The minimum Gasteiger partial charge on any atom is -0.478 e. The lowest BCUT2D eigenvalue weighted by Gasteiger charge is -2.07. The number of amides is 2. The highest BCUT2D eigenvalue weighted by Crippen LogP contribution is 2.12. The van der Waals surface area contributed by atoms with Crippen LogP contribution in [0.15, 0.2) is 48.5 Å². The maximum absolute atomic E-state index is 11.8. The second kappa shape index (κ2) is 8.43. The Hall–Kier alpha value is -3.68. The summed E-state index contributed by atoms with van der Waals surface area (Å²) in [6.45, 7) is 0. The smallest absolute Gasteiger partial charge is 0.335 e. The Kier molecular flexibility index (Phi) is 6.05. The van der Waals surface area contributed by atoms with Crippen LogP contribution in [0.25, 0.3) is 0 Å². The van der Waals surface area contributed by atoms with Gasteiger partial charge < -0.3 is 20.8 Å². The average Bonchev–Trinajstić information content (AvgIpc) is 2.61. The molecule has 0 fully saturated rings. The molecule has 134 valence electrons. The van der Waals surface area contributed by atoms with Crippen LogP contribution in [0.4, 0.5) is 11.4 Å². The lowest BCUT2D eigenvalue weighted by molar-refractivity contribution is -0.121. The van der Waals surface area contributed by atoms with Crippen molar-refractivity contribution in [3.63, 3.8) is 0 Å². The first kappa shape index (κ1) is 18.7. The van der Waals surface area contributed by atoms with Gasteiger partial charge in [0, 0.05) is 24.2 Å². The third kappa shape index (κ3) is 5.45. The van der Waals surface area contributed by atoms with Gasteiger partial charge in [0.1, 0.15) is 0 Å². The summed E-state index contributed by atoms with van der Waals surface area (Å²) in [5.41, 5.74) is 1.09. The second-order valence-corrected chi connectivity index (χ2v) is 5.36. The van der Waals surface area contributed by atoms with E-state index in [1.807, 2.05) is 0 Å². The van der Waals surface area contributed by atoms with E-state index in [9.17, 15) is 19.2 Å². The first-order valence-corrected chi connectivity index (χ1v) is 7.61. The van der Waals surface area contributed by atoms with Crippen molar-refractivity contribution in [3.8, 4) is 0 Å². The molecule has 0 spiro atoms. The van der Waals surface area contributed by atoms with Crippen molar-refractivity contribution in [3.05, 3.63) is 59.7 Å². The molecule has 0 saturated heterocycles. The van der Waals surface area contributed by atoms with Crippen molar-refractivity contribution in [2.75, 3.05) is 10.6 Å². The lowest BCUT2D eigenvalue weighted by Crippen LogP contribution is -2.17. The number of hydrogen-bond acceptors (Lipinski definition) is 4. The van der Waals surface area contributed by atoms with Gasteiger partial charge in [0.05, 0.1) is 11.1 Å². The quantitative estimate of drug-likeness (QED) is 0.602. The Morgan fingerprint density at radius 1 is 0.615 bits per heavy atom. The predicted octanol–water partition coefficient (Wildman–Crippen LogP) is 2.44. The van der Waals surface area contributed by atoms with Crippen LogP contribution in [-0.2, 0) is 9.59 Å². The fourth-order valence-corrected chi connectivity index (χ4v) is 2.07. The van der Waals surface area contributed by atoms with E-state index in [0.717, 1.165) is 0 Å². The van der Waals surface area contributed by atoms with Gasteiger partial charge in [-0.1, -0.05) is 0 Å². The first-order chi connectivity index (χ1) is 12.3. The topological polar surface area (TPSA) is 133 Å².